The Labute approximate surface area is 122 Å². The number of urea groups is 1. The van der Waals surface area contributed by atoms with Crippen molar-refractivity contribution in [1.29, 1.82) is 0 Å². The van der Waals surface area contributed by atoms with Crippen molar-refractivity contribution in [3.63, 3.8) is 0 Å². The third-order valence-electron chi connectivity index (χ3n) is 4.24. The van der Waals surface area contributed by atoms with Crippen LogP contribution in [0.3, 0.4) is 0 Å². The van der Waals surface area contributed by atoms with Crippen LogP contribution in [0.2, 0.25) is 0 Å². The lowest BCUT2D eigenvalue weighted by atomic mass is 9.66. The van der Waals surface area contributed by atoms with E-state index in [-0.39, 0.29) is 12.5 Å². The van der Waals surface area contributed by atoms with Crippen LogP contribution in [0.5, 0.6) is 5.75 Å². The number of ether oxygens (including phenoxy) is 1. The molecule has 1 heterocycles. The Morgan fingerprint density at radius 3 is 2.67 bits per heavy atom. The van der Waals surface area contributed by atoms with E-state index in [0.717, 1.165) is 16.9 Å². The molecule has 2 aliphatic rings. The standard InChI is InChI=1S/C15H16N2O4/c1-21-11-5-2-4-10(8-11)9-17-13(19)15(6-3-7-15)12(18)16-14(17)20/h2,4-5,8H,3,6-7,9H2,1H3,(H,16,18,20). The molecule has 0 radical (unpaired) electrons. The molecule has 1 spiro atoms. The van der Waals surface area contributed by atoms with Gasteiger partial charge in [0, 0.05) is 0 Å². The van der Waals surface area contributed by atoms with Crippen molar-refractivity contribution < 1.29 is 19.1 Å². The fraction of sp³-hybridized carbons (Fsp3) is 0.400. The molecule has 1 aliphatic heterocycles. The SMILES string of the molecule is COc1cccc(CN2C(=O)NC(=O)C3(CCC3)C2=O)c1. The molecular weight excluding hydrogens is 272 g/mol. The van der Waals surface area contributed by atoms with Gasteiger partial charge in [0.05, 0.1) is 13.7 Å². The Kier molecular flexibility index (Phi) is 3.16. The zero-order valence-electron chi connectivity index (χ0n) is 11.7. The van der Waals surface area contributed by atoms with Crippen LogP contribution in [-0.2, 0) is 16.1 Å². The first-order valence-corrected chi connectivity index (χ1v) is 6.87. The Bertz CT molecular complexity index is 622. The van der Waals surface area contributed by atoms with E-state index in [0.29, 0.717) is 18.6 Å². The van der Waals surface area contributed by atoms with Crippen molar-refractivity contribution in [1.82, 2.24) is 10.2 Å². The number of barbiturate groups is 1. The van der Waals surface area contributed by atoms with Crippen molar-refractivity contribution in [3.8, 4) is 5.75 Å². The normalized spacial score (nSPS) is 20.2. The number of methoxy groups -OCH3 is 1. The van der Waals surface area contributed by atoms with Crippen molar-refractivity contribution in [3.05, 3.63) is 29.8 Å². The Hall–Kier alpha value is -2.37. The minimum Gasteiger partial charge on any atom is -0.497 e. The van der Waals surface area contributed by atoms with Gasteiger partial charge in [0.15, 0.2) is 0 Å². The first-order chi connectivity index (χ1) is 10.1. The van der Waals surface area contributed by atoms with E-state index in [9.17, 15) is 14.4 Å². The molecule has 0 aromatic heterocycles. The van der Waals surface area contributed by atoms with Crippen molar-refractivity contribution in [2.24, 2.45) is 5.41 Å². The van der Waals surface area contributed by atoms with Gasteiger partial charge in [-0.05, 0) is 30.5 Å². The lowest BCUT2D eigenvalue weighted by molar-refractivity contribution is -0.158. The molecule has 110 valence electrons. The lowest BCUT2D eigenvalue weighted by Crippen LogP contribution is -2.65. The molecule has 2 fully saturated rings. The number of hydrogen-bond acceptors (Lipinski definition) is 4. The van der Waals surface area contributed by atoms with E-state index in [1.807, 2.05) is 6.07 Å². The van der Waals surface area contributed by atoms with Gasteiger partial charge in [0.1, 0.15) is 11.2 Å². The van der Waals surface area contributed by atoms with Gasteiger partial charge in [-0.3, -0.25) is 19.8 Å². The number of benzene rings is 1. The zero-order valence-corrected chi connectivity index (χ0v) is 11.7. The summed E-state index contributed by atoms with van der Waals surface area (Å²) >= 11 is 0. The number of imide groups is 2. The highest BCUT2D eigenvalue weighted by atomic mass is 16.5. The molecule has 0 unspecified atom stereocenters. The van der Waals surface area contributed by atoms with E-state index in [4.69, 9.17) is 4.74 Å². The molecule has 6 heteroatoms. The zero-order chi connectivity index (χ0) is 15.0. The number of nitrogens with one attached hydrogen (secondary N) is 1. The minimum absolute atomic E-state index is 0.136. The summed E-state index contributed by atoms with van der Waals surface area (Å²) in [5.41, 5.74) is -0.242. The van der Waals surface area contributed by atoms with Crippen LogP contribution < -0.4 is 10.1 Å². The molecule has 1 aromatic rings. The maximum Gasteiger partial charge on any atom is 0.331 e. The quantitative estimate of drug-likeness (QED) is 0.854. The van der Waals surface area contributed by atoms with Crippen LogP contribution in [0.1, 0.15) is 24.8 Å². The second kappa shape index (κ2) is 4.87. The smallest absolute Gasteiger partial charge is 0.331 e. The average Bonchev–Trinajstić information content (AvgIpc) is 2.42. The molecule has 1 aromatic carbocycles. The molecule has 4 amide bonds. The Morgan fingerprint density at radius 2 is 2.05 bits per heavy atom. The first kappa shape index (κ1) is 13.6. The highest BCUT2D eigenvalue weighted by Gasteiger charge is 2.57. The Balaban J connectivity index is 1.85. The summed E-state index contributed by atoms with van der Waals surface area (Å²) in [5.74, 6) is -0.178. The summed E-state index contributed by atoms with van der Waals surface area (Å²) in [7, 11) is 1.56. The van der Waals surface area contributed by atoms with E-state index >= 15 is 0 Å². The number of carbonyl (C=O) groups excluding carboxylic acids is 3. The largest absolute Gasteiger partial charge is 0.497 e. The molecule has 1 saturated carbocycles. The fourth-order valence-corrected chi connectivity index (χ4v) is 2.80. The van der Waals surface area contributed by atoms with Crippen LogP contribution in [0.15, 0.2) is 24.3 Å². The summed E-state index contributed by atoms with van der Waals surface area (Å²) in [5, 5.41) is 2.30. The van der Waals surface area contributed by atoms with E-state index in [1.165, 1.54) is 0 Å². The molecule has 21 heavy (non-hydrogen) atoms. The number of carbonyl (C=O) groups is 3. The van der Waals surface area contributed by atoms with E-state index < -0.39 is 17.4 Å². The predicted molar refractivity (Wildman–Crippen MR) is 73.4 cm³/mol. The van der Waals surface area contributed by atoms with Gasteiger partial charge < -0.3 is 4.74 Å². The first-order valence-electron chi connectivity index (χ1n) is 6.87. The van der Waals surface area contributed by atoms with E-state index in [2.05, 4.69) is 5.32 Å². The highest BCUT2D eigenvalue weighted by Crippen LogP contribution is 2.44. The van der Waals surface area contributed by atoms with Gasteiger partial charge in [-0.15, -0.1) is 0 Å². The average molecular weight is 288 g/mol. The van der Waals surface area contributed by atoms with Crippen LogP contribution in [-0.4, -0.2) is 29.9 Å². The number of nitrogens with zero attached hydrogens (tertiary/aromatic N) is 1. The van der Waals surface area contributed by atoms with Crippen LogP contribution in [0, 0.1) is 5.41 Å². The molecule has 0 atom stereocenters. The second-order valence-corrected chi connectivity index (χ2v) is 5.44. The maximum absolute atomic E-state index is 12.5. The lowest BCUT2D eigenvalue weighted by Gasteiger charge is -2.44. The van der Waals surface area contributed by atoms with Gasteiger partial charge in [-0.1, -0.05) is 18.6 Å². The predicted octanol–water partition coefficient (Wildman–Crippen LogP) is 1.44. The monoisotopic (exact) mass is 288 g/mol. The van der Waals surface area contributed by atoms with Gasteiger partial charge in [-0.25, -0.2) is 4.79 Å². The van der Waals surface area contributed by atoms with Crippen molar-refractivity contribution in [2.45, 2.75) is 25.8 Å². The van der Waals surface area contributed by atoms with Crippen molar-refractivity contribution >= 4 is 17.8 Å². The minimum atomic E-state index is -1.02. The molecule has 1 aliphatic carbocycles. The van der Waals surface area contributed by atoms with Crippen LogP contribution in [0.4, 0.5) is 4.79 Å². The Morgan fingerprint density at radius 1 is 1.29 bits per heavy atom. The summed E-state index contributed by atoms with van der Waals surface area (Å²) < 4.78 is 5.13. The third-order valence-corrected chi connectivity index (χ3v) is 4.24. The molecule has 3 rings (SSSR count). The summed E-state index contributed by atoms with van der Waals surface area (Å²) in [4.78, 5) is 37.5. The summed E-state index contributed by atoms with van der Waals surface area (Å²) in [6.07, 6.45) is 1.86. The molecule has 6 nitrogen and oxygen atoms in total. The van der Waals surface area contributed by atoms with Gasteiger partial charge in [0.25, 0.3) is 0 Å². The van der Waals surface area contributed by atoms with Crippen LogP contribution in [0.25, 0.3) is 0 Å². The maximum atomic E-state index is 12.5. The van der Waals surface area contributed by atoms with Gasteiger partial charge >= 0.3 is 6.03 Å². The van der Waals surface area contributed by atoms with Crippen LogP contribution >= 0.6 is 0 Å². The van der Waals surface area contributed by atoms with Gasteiger partial charge in [-0.2, -0.15) is 0 Å². The molecule has 1 N–H and O–H groups in total. The summed E-state index contributed by atoms with van der Waals surface area (Å²) in [6, 6.07) is 6.52. The highest BCUT2D eigenvalue weighted by molar-refractivity contribution is 6.19. The van der Waals surface area contributed by atoms with Crippen molar-refractivity contribution in [2.75, 3.05) is 7.11 Å². The number of amides is 4. The number of rotatable bonds is 3. The molecule has 1 saturated heterocycles. The number of hydrogen-bond donors (Lipinski definition) is 1. The topological polar surface area (TPSA) is 75.7 Å². The third kappa shape index (κ3) is 2.07. The fourth-order valence-electron chi connectivity index (χ4n) is 2.80. The second-order valence-electron chi connectivity index (χ2n) is 5.44. The molecular formula is C15H16N2O4. The molecule has 0 bridgehead atoms. The summed E-state index contributed by atoms with van der Waals surface area (Å²) in [6.45, 7) is 0.136. The van der Waals surface area contributed by atoms with Gasteiger partial charge in [0.2, 0.25) is 11.8 Å². The van der Waals surface area contributed by atoms with E-state index in [1.54, 1.807) is 25.3 Å².